The Balaban J connectivity index is 2.25. The van der Waals surface area contributed by atoms with Crippen molar-refractivity contribution in [3.05, 3.63) is 35.1 Å². The van der Waals surface area contributed by atoms with Crippen molar-refractivity contribution < 1.29 is 27.1 Å². The zero-order chi connectivity index (χ0) is 15.6. The zero-order valence-electron chi connectivity index (χ0n) is 11.4. The first-order chi connectivity index (χ1) is 9.80. The molecule has 1 aromatic carbocycles. The molecule has 1 heterocycles. The van der Waals surface area contributed by atoms with Gasteiger partial charge in [-0.25, -0.2) is 4.39 Å². The van der Waals surface area contributed by atoms with Crippen molar-refractivity contribution in [3.63, 3.8) is 0 Å². The second kappa shape index (κ2) is 6.01. The molecule has 0 aromatic heterocycles. The molecule has 3 nitrogen and oxygen atoms in total. The van der Waals surface area contributed by atoms with Crippen LogP contribution in [0, 0.1) is 5.82 Å². The molecular formula is C14H15F4NO2. The molecule has 1 aliphatic heterocycles. The molecule has 7 heteroatoms. The fourth-order valence-corrected chi connectivity index (χ4v) is 2.29. The number of hydrogen-bond donors (Lipinski definition) is 0. The van der Waals surface area contributed by atoms with Gasteiger partial charge in [-0.2, -0.15) is 13.2 Å². The van der Waals surface area contributed by atoms with E-state index in [4.69, 9.17) is 4.74 Å². The van der Waals surface area contributed by atoms with Gasteiger partial charge in [-0.3, -0.25) is 4.79 Å². The number of nitrogens with zero attached hydrogens (tertiary/aromatic N) is 1. The summed E-state index contributed by atoms with van der Waals surface area (Å²) in [5.41, 5.74) is -1.59. The minimum absolute atomic E-state index is 0.153. The molecule has 2 rings (SSSR count). The van der Waals surface area contributed by atoms with E-state index in [0.717, 1.165) is 0 Å². The predicted octanol–water partition coefficient (Wildman–Crippen LogP) is 3.10. The van der Waals surface area contributed by atoms with E-state index in [1.807, 2.05) is 0 Å². The molecule has 0 unspecified atom stereocenters. The van der Waals surface area contributed by atoms with Crippen molar-refractivity contribution in [3.8, 4) is 0 Å². The summed E-state index contributed by atoms with van der Waals surface area (Å²) in [4.78, 5) is 13.5. The first-order valence-corrected chi connectivity index (χ1v) is 6.52. The van der Waals surface area contributed by atoms with E-state index in [0.29, 0.717) is 44.3 Å². The maximum atomic E-state index is 13.7. The monoisotopic (exact) mass is 305 g/mol. The molecule has 0 N–H and O–H groups in total. The van der Waals surface area contributed by atoms with Gasteiger partial charge in [0, 0.05) is 26.3 Å². The highest BCUT2D eigenvalue weighted by Gasteiger charge is 2.33. The second-order valence-electron chi connectivity index (χ2n) is 4.95. The highest BCUT2D eigenvalue weighted by Crippen LogP contribution is 2.31. The Kier molecular flexibility index (Phi) is 4.51. The van der Waals surface area contributed by atoms with Gasteiger partial charge < -0.3 is 9.64 Å². The third kappa shape index (κ3) is 3.53. The largest absolute Gasteiger partial charge is 0.416 e. The summed E-state index contributed by atoms with van der Waals surface area (Å²) in [6.45, 7) is 0.959. The molecule has 21 heavy (non-hydrogen) atoms. The van der Waals surface area contributed by atoms with Crippen molar-refractivity contribution in [1.29, 1.82) is 0 Å². The van der Waals surface area contributed by atoms with E-state index in [9.17, 15) is 22.4 Å². The number of hydrogen-bond acceptors (Lipinski definition) is 2. The lowest BCUT2D eigenvalue weighted by atomic mass is 10.0. The van der Waals surface area contributed by atoms with Gasteiger partial charge in [-0.15, -0.1) is 0 Å². The van der Waals surface area contributed by atoms with Gasteiger partial charge in [-0.1, -0.05) is 0 Å². The summed E-state index contributed by atoms with van der Waals surface area (Å²) in [7, 11) is 1.47. The Labute approximate surface area is 119 Å². The van der Waals surface area contributed by atoms with Crippen LogP contribution in [-0.4, -0.2) is 37.1 Å². The predicted molar refractivity (Wildman–Crippen MR) is 67.3 cm³/mol. The Morgan fingerprint density at radius 1 is 1.29 bits per heavy atom. The maximum Gasteiger partial charge on any atom is 0.416 e. The number of benzene rings is 1. The smallest absolute Gasteiger partial charge is 0.381 e. The summed E-state index contributed by atoms with van der Waals surface area (Å²) in [5, 5.41) is 0. The standard InChI is InChI=1S/C14H15F4NO2/c1-19(10-4-6-21-7-5-10)13(20)11-8-9(14(16,17)18)2-3-12(11)15/h2-3,8,10H,4-7H2,1H3. The van der Waals surface area contributed by atoms with Crippen LogP contribution in [0.1, 0.15) is 28.8 Å². The first-order valence-electron chi connectivity index (χ1n) is 6.52. The van der Waals surface area contributed by atoms with Crippen molar-refractivity contribution in [2.75, 3.05) is 20.3 Å². The quantitative estimate of drug-likeness (QED) is 0.786. The fourth-order valence-electron chi connectivity index (χ4n) is 2.29. The van der Waals surface area contributed by atoms with E-state index >= 15 is 0 Å². The number of rotatable bonds is 2. The van der Waals surface area contributed by atoms with E-state index in [1.165, 1.54) is 11.9 Å². The van der Waals surface area contributed by atoms with E-state index in [2.05, 4.69) is 0 Å². The molecule has 1 saturated heterocycles. The summed E-state index contributed by atoms with van der Waals surface area (Å²) in [6, 6.07) is 1.71. The average molecular weight is 305 g/mol. The molecule has 0 atom stereocenters. The molecule has 1 amide bonds. The first kappa shape index (κ1) is 15.8. The van der Waals surface area contributed by atoms with Gasteiger partial charge in [0.1, 0.15) is 5.82 Å². The van der Waals surface area contributed by atoms with Crippen molar-refractivity contribution >= 4 is 5.91 Å². The van der Waals surface area contributed by atoms with E-state index < -0.39 is 29.0 Å². The lowest BCUT2D eigenvalue weighted by Gasteiger charge is -2.31. The number of amides is 1. The molecule has 1 aromatic rings. The lowest BCUT2D eigenvalue weighted by Crippen LogP contribution is -2.41. The van der Waals surface area contributed by atoms with Crippen LogP contribution in [0.25, 0.3) is 0 Å². The van der Waals surface area contributed by atoms with Crippen molar-refractivity contribution in [2.24, 2.45) is 0 Å². The summed E-state index contributed by atoms with van der Waals surface area (Å²) < 4.78 is 56.8. The number of ether oxygens (including phenoxy) is 1. The summed E-state index contributed by atoms with van der Waals surface area (Å²) in [6.07, 6.45) is -3.44. The maximum absolute atomic E-state index is 13.7. The van der Waals surface area contributed by atoms with E-state index in [1.54, 1.807) is 0 Å². The lowest BCUT2D eigenvalue weighted by molar-refractivity contribution is -0.137. The molecule has 0 radical (unpaired) electrons. The Hall–Kier alpha value is -1.63. The molecule has 0 spiro atoms. The number of alkyl halides is 3. The van der Waals surface area contributed by atoms with Gasteiger partial charge in [0.05, 0.1) is 11.1 Å². The minimum atomic E-state index is -4.61. The SMILES string of the molecule is CN(C(=O)c1cc(C(F)(F)F)ccc1F)C1CCOCC1. The van der Waals surface area contributed by atoms with Gasteiger partial charge in [0.25, 0.3) is 5.91 Å². The van der Waals surface area contributed by atoms with Crippen LogP contribution in [0.3, 0.4) is 0 Å². The Morgan fingerprint density at radius 3 is 2.48 bits per heavy atom. The fraction of sp³-hybridized carbons (Fsp3) is 0.500. The zero-order valence-corrected chi connectivity index (χ0v) is 11.4. The van der Waals surface area contributed by atoms with Crippen LogP contribution in [0.5, 0.6) is 0 Å². The van der Waals surface area contributed by atoms with Crippen LogP contribution in [0.2, 0.25) is 0 Å². The van der Waals surface area contributed by atoms with Gasteiger partial charge >= 0.3 is 6.18 Å². The third-order valence-electron chi connectivity index (χ3n) is 3.58. The molecule has 0 aliphatic carbocycles. The van der Waals surface area contributed by atoms with Crippen LogP contribution < -0.4 is 0 Å². The van der Waals surface area contributed by atoms with E-state index in [-0.39, 0.29) is 6.04 Å². The second-order valence-corrected chi connectivity index (χ2v) is 4.95. The van der Waals surface area contributed by atoms with Gasteiger partial charge in [-0.05, 0) is 31.0 Å². The van der Waals surface area contributed by atoms with Crippen LogP contribution in [-0.2, 0) is 10.9 Å². The van der Waals surface area contributed by atoms with Crippen LogP contribution >= 0.6 is 0 Å². The van der Waals surface area contributed by atoms with Crippen molar-refractivity contribution in [2.45, 2.75) is 25.1 Å². The number of halogens is 4. The molecule has 0 saturated carbocycles. The number of carbonyl (C=O) groups is 1. The van der Waals surface area contributed by atoms with Gasteiger partial charge in [0.2, 0.25) is 0 Å². The molecular weight excluding hydrogens is 290 g/mol. The summed E-state index contributed by atoms with van der Waals surface area (Å²) >= 11 is 0. The van der Waals surface area contributed by atoms with Crippen LogP contribution in [0.15, 0.2) is 18.2 Å². The molecule has 1 fully saturated rings. The van der Waals surface area contributed by atoms with Gasteiger partial charge in [0.15, 0.2) is 0 Å². The van der Waals surface area contributed by atoms with Crippen LogP contribution in [0.4, 0.5) is 17.6 Å². The van der Waals surface area contributed by atoms with Crippen molar-refractivity contribution in [1.82, 2.24) is 4.90 Å². The minimum Gasteiger partial charge on any atom is -0.381 e. The molecule has 1 aliphatic rings. The highest BCUT2D eigenvalue weighted by molar-refractivity contribution is 5.94. The summed E-state index contributed by atoms with van der Waals surface area (Å²) in [5.74, 6) is -1.70. The molecule has 116 valence electrons. The average Bonchev–Trinajstić information content (AvgIpc) is 2.46. The number of carbonyl (C=O) groups excluding carboxylic acids is 1. The third-order valence-corrected chi connectivity index (χ3v) is 3.58. The topological polar surface area (TPSA) is 29.5 Å². The Bertz CT molecular complexity index is 524. The molecule has 0 bridgehead atoms. The normalized spacial score (nSPS) is 16.8. The Morgan fingerprint density at radius 2 is 1.90 bits per heavy atom. The highest BCUT2D eigenvalue weighted by atomic mass is 19.4.